The van der Waals surface area contributed by atoms with E-state index in [1.165, 1.54) is 12.1 Å². The number of piperidine rings is 1. The lowest BCUT2D eigenvalue weighted by Crippen LogP contribution is -2.45. The molecule has 1 aromatic heterocycles. The van der Waals surface area contributed by atoms with Crippen LogP contribution in [0.3, 0.4) is 0 Å². The fourth-order valence-electron chi connectivity index (χ4n) is 3.18. The molecular weight excluding hydrogens is 337 g/mol. The molecule has 0 spiro atoms. The van der Waals surface area contributed by atoms with Crippen LogP contribution in [-0.2, 0) is 16.1 Å². The first-order valence-corrected chi connectivity index (χ1v) is 8.59. The van der Waals surface area contributed by atoms with Crippen molar-refractivity contribution in [2.75, 3.05) is 19.6 Å². The van der Waals surface area contributed by atoms with E-state index >= 15 is 0 Å². The van der Waals surface area contributed by atoms with Crippen LogP contribution in [0.25, 0.3) is 5.69 Å². The maximum absolute atomic E-state index is 13.3. The van der Waals surface area contributed by atoms with Gasteiger partial charge in [0.05, 0.1) is 24.3 Å². The van der Waals surface area contributed by atoms with Crippen molar-refractivity contribution in [3.8, 4) is 5.69 Å². The van der Waals surface area contributed by atoms with Crippen molar-refractivity contribution in [3.05, 3.63) is 48.0 Å². The number of benzene rings is 1. The Bertz CT molecular complexity index is 791. The molecule has 0 aliphatic carbocycles. The highest BCUT2D eigenvalue weighted by Gasteiger charge is 2.26. The summed E-state index contributed by atoms with van der Waals surface area (Å²) in [6.45, 7) is 1.86. The van der Waals surface area contributed by atoms with Gasteiger partial charge in [-0.25, -0.2) is 9.07 Å². The van der Waals surface area contributed by atoms with Gasteiger partial charge in [0.15, 0.2) is 0 Å². The molecule has 1 atom stereocenters. The average Bonchev–Trinajstić information content (AvgIpc) is 3.08. The highest BCUT2D eigenvalue weighted by molar-refractivity contribution is 5.79. The highest BCUT2D eigenvalue weighted by atomic mass is 19.1. The SMILES string of the molecule is NC(=O)CN1CCCC(C(=O)NCc2cnn(-c3cccc(F)c3)c2)C1. The van der Waals surface area contributed by atoms with E-state index in [-0.39, 0.29) is 30.1 Å². The van der Waals surface area contributed by atoms with Gasteiger partial charge in [0, 0.05) is 24.8 Å². The van der Waals surface area contributed by atoms with Crippen LogP contribution in [0.2, 0.25) is 0 Å². The van der Waals surface area contributed by atoms with E-state index in [9.17, 15) is 14.0 Å². The molecule has 138 valence electrons. The summed E-state index contributed by atoms with van der Waals surface area (Å²) in [5.74, 6) is -0.902. The molecule has 2 amide bonds. The fourth-order valence-corrected chi connectivity index (χ4v) is 3.18. The second-order valence-corrected chi connectivity index (χ2v) is 6.53. The van der Waals surface area contributed by atoms with Gasteiger partial charge in [0.25, 0.3) is 0 Å². The number of carbonyl (C=O) groups is 2. The zero-order valence-corrected chi connectivity index (χ0v) is 14.4. The second kappa shape index (κ2) is 8.09. The summed E-state index contributed by atoms with van der Waals surface area (Å²) < 4.78 is 14.9. The molecule has 0 saturated carbocycles. The Hall–Kier alpha value is -2.74. The van der Waals surface area contributed by atoms with Gasteiger partial charge in [-0.3, -0.25) is 14.5 Å². The van der Waals surface area contributed by atoms with Gasteiger partial charge in [0.1, 0.15) is 5.82 Å². The first kappa shape index (κ1) is 18.1. The predicted octanol–water partition coefficient (Wildman–Crippen LogP) is 0.825. The normalized spacial score (nSPS) is 17.8. The van der Waals surface area contributed by atoms with Crippen molar-refractivity contribution in [1.29, 1.82) is 0 Å². The van der Waals surface area contributed by atoms with Crippen molar-refractivity contribution in [2.45, 2.75) is 19.4 Å². The van der Waals surface area contributed by atoms with Crippen molar-refractivity contribution in [3.63, 3.8) is 0 Å². The largest absolute Gasteiger partial charge is 0.369 e. The van der Waals surface area contributed by atoms with Crippen LogP contribution in [0.4, 0.5) is 4.39 Å². The zero-order valence-electron chi connectivity index (χ0n) is 14.4. The minimum Gasteiger partial charge on any atom is -0.369 e. The molecule has 1 aliphatic rings. The number of hydrogen-bond acceptors (Lipinski definition) is 4. The van der Waals surface area contributed by atoms with Crippen LogP contribution < -0.4 is 11.1 Å². The molecule has 0 bridgehead atoms. The van der Waals surface area contributed by atoms with E-state index in [4.69, 9.17) is 5.73 Å². The number of rotatable bonds is 6. The summed E-state index contributed by atoms with van der Waals surface area (Å²) in [5.41, 5.74) is 6.67. The Morgan fingerprint density at radius 2 is 2.23 bits per heavy atom. The number of carbonyl (C=O) groups excluding carboxylic acids is 2. The Kier molecular flexibility index (Phi) is 5.62. The molecular formula is C18H22FN5O2. The predicted molar refractivity (Wildman–Crippen MR) is 93.7 cm³/mol. The standard InChI is InChI=1S/C18H22FN5O2/c19-15-4-1-5-16(7-15)24-10-13(9-22-24)8-21-18(26)14-3-2-6-23(11-14)12-17(20)25/h1,4-5,7,9-10,14H,2-3,6,8,11-12H2,(H2,20,25)(H,21,26). The zero-order chi connectivity index (χ0) is 18.5. The Morgan fingerprint density at radius 1 is 1.38 bits per heavy atom. The molecule has 26 heavy (non-hydrogen) atoms. The molecule has 1 aromatic carbocycles. The summed E-state index contributed by atoms with van der Waals surface area (Å²) >= 11 is 0. The minimum atomic E-state index is -0.379. The van der Waals surface area contributed by atoms with Gasteiger partial charge in [0.2, 0.25) is 11.8 Å². The number of amides is 2. The lowest BCUT2D eigenvalue weighted by molar-refractivity contribution is -0.128. The fraction of sp³-hybridized carbons (Fsp3) is 0.389. The van der Waals surface area contributed by atoms with Crippen LogP contribution in [0.5, 0.6) is 0 Å². The third-order valence-electron chi connectivity index (χ3n) is 4.43. The number of nitrogens with zero attached hydrogens (tertiary/aromatic N) is 3. The molecule has 2 aromatic rings. The molecule has 2 heterocycles. The number of halogens is 1. The van der Waals surface area contributed by atoms with Gasteiger partial charge in [-0.05, 0) is 37.6 Å². The summed E-state index contributed by atoms with van der Waals surface area (Å²) in [5, 5.41) is 7.11. The van der Waals surface area contributed by atoms with E-state index in [0.717, 1.165) is 24.9 Å². The molecule has 1 saturated heterocycles. The molecule has 1 unspecified atom stereocenters. The maximum atomic E-state index is 13.3. The number of likely N-dealkylation sites (tertiary alicyclic amines) is 1. The monoisotopic (exact) mass is 359 g/mol. The minimum absolute atomic E-state index is 0.0438. The number of nitrogens with one attached hydrogen (secondary N) is 1. The van der Waals surface area contributed by atoms with Crippen molar-refractivity contribution in [1.82, 2.24) is 20.0 Å². The summed E-state index contributed by atoms with van der Waals surface area (Å²) in [6, 6.07) is 6.15. The van der Waals surface area contributed by atoms with E-state index in [1.807, 2.05) is 4.90 Å². The van der Waals surface area contributed by atoms with E-state index in [1.54, 1.807) is 29.2 Å². The summed E-state index contributed by atoms with van der Waals surface area (Å²) in [7, 11) is 0. The third kappa shape index (κ3) is 4.66. The quantitative estimate of drug-likeness (QED) is 0.799. The van der Waals surface area contributed by atoms with Crippen molar-refractivity contribution < 1.29 is 14.0 Å². The van der Waals surface area contributed by atoms with E-state index in [0.29, 0.717) is 18.8 Å². The van der Waals surface area contributed by atoms with E-state index in [2.05, 4.69) is 10.4 Å². The van der Waals surface area contributed by atoms with Gasteiger partial charge in [-0.15, -0.1) is 0 Å². The number of hydrogen-bond donors (Lipinski definition) is 2. The number of nitrogens with two attached hydrogens (primary N) is 1. The highest BCUT2D eigenvalue weighted by Crippen LogP contribution is 2.16. The first-order chi connectivity index (χ1) is 12.5. The van der Waals surface area contributed by atoms with Crippen LogP contribution in [0.1, 0.15) is 18.4 Å². The summed E-state index contributed by atoms with van der Waals surface area (Å²) in [4.78, 5) is 25.4. The van der Waals surface area contributed by atoms with Crippen LogP contribution in [0.15, 0.2) is 36.7 Å². The van der Waals surface area contributed by atoms with Crippen LogP contribution in [0, 0.1) is 11.7 Å². The second-order valence-electron chi connectivity index (χ2n) is 6.53. The average molecular weight is 359 g/mol. The molecule has 1 aliphatic heterocycles. The molecule has 8 heteroatoms. The Labute approximate surface area is 151 Å². The maximum Gasteiger partial charge on any atom is 0.231 e. The lowest BCUT2D eigenvalue weighted by Gasteiger charge is -2.30. The van der Waals surface area contributed by atoms with Gasteiger partial charge < -0.3 is 11.1 Å². The van der Waals surface area contributed by atoms with Gasteiger partial charge >= 0.3 is 0 Å². The van der Waals surface area contributed by atoms with Crippen LogP contribution >= 0.6 is 0 Å². The van der Waals surface area contributed by atoms with Crippen LogP contribution in [-0.4, -0.2) is 46.1 Å². The molecule has 3 rings (SSSR count). The number of aromatic nitrogens is 2. The van der Waals surface area contributed by atoms with Gasteiger partial charge in [-0.2, -0.15) is 5.10 Å². The Balaban J connectivity index is 1.54. The third-order valence-corrected chi connectivity index (χ3v) is 4.43. The first-order valence-electron chi connectivity index (χ1n) is 8.59. The molecule has 1 fully saturated rings. The van der Waals surface area contributed by atoms with E-state index < -0.39 is 0 Å². The smallest absolute Gasteiger partial charge is 0.231 e. The molecule has 3 N–H and O–H groups in total. The Morgan fingerprint density at radius 3 is 3.00 bits per heavy atom. The summed E-state index contributed by atoms with van der Waals surface area (Å²) in [6.07, 6.45) is 5.06. The van der Waals surface area contributed by atoms with Gasteiger partial charge in [-0.1, -0.05) is 6.07 Å². The molecule has 7 nitrogen and oxygen atoms in total. The lowest BCUT2D eigenvalue weighted by atomic mass is 9.97. The van der Waals surface area contributed by atoms with Crippen molar-refractivity contribution >= 4 is 11.8 Å². The molecule has 0 radical (unpaired) electrons. The number of primary amides is 1. The van der Waals surface area contributed by atoms with Crippen molar-refractivity contribution in [2.24, 2.45) is 11.7 Å². The topological polar surface area (TPSA) is 93.2 Å².